The molecule has 0 spiro atoms. The first-order valence-electron chi connectivity index (χ1n) is 7.98. The lowest BCUT2D eigenvalue weighted by Gasteiger charge is -2.24. The van der Waals surface area contributed by atoms with Gasteiger partial charge in [0.15, 0.2) is 0 Å². The Hall–Kier alpha value is -2.33. The Labute approximate surface area is 146 Å². The molecule has 2 aromatic carbocycles. The number of rotatable bonds is 3. The van der Waals surface area contributed by atoms with Gasteiger partial charge in [-0.1, -0.05) is 29.3 Å². The highest BCUT2D eigenvalue weighted by molar-refractivity contribution is 6.30. The van der Waals surface area contributed by atoms with Crippen molar-refractivity contribution in [1.29, 1.82) is 0 Å². The van der Waals surface area contributed by atoms with Gasteiger partial charge in [-0.15, -0.1) is 0 Å². The number of carbonyl (C=O) groups excluding carboxylic acids is 2. The smallest absolute Gasteiger partial charge is 0.254 e. The number of halogens is 1. The highest BCUT2D eigenvalue weighted by Crippen LogP contribution is 2.22. The van der Waals surface area contributed by atoms with E-state index in [2.05, 4.69) is 5.32 Å². The largest absolute Gasteiger partial charge is 0.327 e. The molecular formula is C19H19ClN2O2. The summed E-state index contributed by atoms with van der Waals surface area (Å²) in [5.41, 5.74) is 2.43. The van der Waals surface area contributed by atoms with Crippen LogP contribution < -0.4 is 5.32 Å². The van der Waals surface area contributed by atoms with E-state index in [1.807, 2.05) is 31.2 Å². The van der Waals surface area contributed by atoms with Crippen LogP contribution in [0.25, 0.3) is 0 Å². The van der Waals surface area contributed by atoms with Crippen molar-refractivity contribution in [3.63, 3.8) is 0 Å². The van der Waals surface area contributed by atoms with Crippen LogP contribution in [0.5, 0.6) is 0 Å². The van der Waals surface area contributed by atoms with Crippen molar-refractivity contribution in [2.45, 2.75) is 25.8 Å². The number of hydrogen-bond donors (Lipinski definition) is 1. The van der Waals surface area contributed by atoms with Gasteiger partial charge in [-0.05, 0) is 56.2 Å². The summed E-state index contributed by atoms with van der Waals surface area (Å²) >= 11 is 5.87. The molecular weight excluding hydrogens is 324 g/mol. The van der Waals surface area contributed by atoms with Crippen molar-refractivity contribution in [3.8, 4) is 0 Å². The zero-order valence-corrected chi connectivity index (χ0v) is 14.2. The molecule has 0 bridgehead atoms. The highest BCUT2D eigenvalue weighted by Gasteiger charge is 2.34. The lowest BCUT2D eigenvalue weighted by Crippen LogP contribution is -2.43. The fourth-order valence-electron chi connectivity index (χ4n) is 2.90. The van der Waals surface area contributed by atoms with Crippen LogP contribution in [0.2, 0.25) is 5.02 Å². The molecule has 1 heterocycles. The normalized spacial score (nSPS) is 16.9. The van der Waals surface area contributed by atoms with Gasteiger partial charge >= 0.3 is 0 Å². The van der Waals surface area contributed by atoms with Crippen LogP contribution in [-0.4, -0.2) is 29.3 Å². The minimum Gasteiger partial charge on any atom is -0.327 e. The molecule has 1 fully saturated rings. The van der Waals surface area contributed by atoms with Gasteiger partial charge in [0.1, 0.15) is 6.04 Å². The lowest BCUT2D eigenvalue weighted by molar-refractivity contribution is -0.119. The van der Waals surface area contributed by atoms with Crippen LogP contribution in [0.15, 0.2) is 48.5 Å². The first-order chi connectivity index (χ1) is 11.5. The Morgan fingerprint density at radius 3 is 2.42 bits per heavy atom. The molecule has 0 radical (unpaired) electrons. The van der Waals surface area contributed by atoms with Crippen LogP contribution in [-0.2, 0) is 4.79 Å². The summed E-state index contributed by atoms with van der Waals surface area (Å²) in [5, 5.41) is 3.49. The molecule has 1 atom stereocenters. The van der Waals surface area contributed by atoms with Gasteiger partial charge in [-0.2, -0.15) is 0 Å². The number of hydrogen-bond acceptors (Lipinski definition) is 2. The maximum absolute atomic E-state index is 12.7. The maximum atomic E-state index is 12.7. The Morgan fingerprint density at radius 2 is 1.75 bits per heavy atom. The molecule has 0 saturated carbocycles. The first kappa shape index (κ1) is 16.5. The van der Waals surface area contributed by atoms with E-state index in [-0.39, 0.29) is 11.8 Å². The molecule has 1 saturated heterocycles. The van der Waals surface area contributed by atoms with Crippen molar-refractivity contribution in [2.75, 3.05) is 11.9 Å². The molecule has 0 aromatic heterocycles. The Bertz CT molecular complexity index is 741. The summed E-state index contributed by atoms with van der Waals surface area (Å²) in [7, 11) is 0. The predicted molar refractivity (Wildman–Crippen MR) is 95.3 cm³/mol. The van der Waals surface area contributed by atoms with Gasteiger partial charge in [-0.25, -0.2) is 0 Å². The maximum Gasteiger partial charge on any atom is 0.254 e. The summed E-state index contributed by atoms with van der Waals surface area (Å²) < 4.78 is 0. The van der Waals surface area contributed by atoms with E-state index in [1.165, 1.54) is 0 Å². The molecule has 4 nitrogen and oxygen atoms in total. The topological polar surface area (TPSA) is 49.4 Å². The number of likely N-dealkylation sites (tertiary alicyclic amines) is 1. The molecule has 2 amide bonds. The third-order valence-electron chi connectivity index (χ3n) is 4.23. The standard InChI is InChI=1S/C19H19ClN2O2/c1-13-4-10-16(11-5-13)21-18(23)17-3-2-12-22(17)19(24)14-6-8-15(20)9-7-14/h4-11,17H,2-3,12H2,1H3,(H,21,23)/t17-/m1/s1. The van der Waals surface area contributed by atoms with E-state index in [1.54, 1.807) is 29.2 Å². The molecule has 1 N–H and O–H groups in total. The Morgan fingerprint density at radius 1 is 1.08 bits per heavy atom. The predicted octanol–water partition coefficient (Wildman–Crippen LogP) is 3.89. The second kappa shape index (κ2) is 7.05. The van der Waals surface area contributed by atoms with Gasteiger partial charge < -0.3 is 10.2 Å². The van der Waals surface area contributed by atoms with E-state index in [4.69, 9.17) is 11.6 Å². The van der Waals surface area contributed by atoms with Crippen molar-refractivity contribution < 1.29 is 9.59 Å². The van der Waals surface area contributed by atoms with Gasteiger partial charge in [0.25, 0.3) is 5.91 Å². The first-order valence-corrected chi connectivity index (χ1v) is 8.36. The quantitative estimate of drug-likeness (QED) is 0.919. The molecule has 24 heavy (non-hydrogen) atoms. The summed E-state index contributed by atoms with van der Waals surface area (Å²) in [5.74, 6) is -0.271. The second-order valence-electron chi connectivity index (χ2n) is 6.02. The van der Waals surface area contributed by atoms with Gasteiger partial charge in [-0.3, -0.25) is 9.59 Å². The average Bonchev–Trinajstić information content (AvgIpc) is 3.07. The van der Waals surface area contributed by atoms with Gasteiger partial charge in [0.2, 0.25) is 5.91 Å². The number of amides is 2. The Balaban J connectivity index is 1.72. The zero-order chi connectivity index (χ0) is 17.1. The van der Waals surface area contributed by atoms with Crippen LogP contribution in [0.1, 0.15) is 28.8 Å². The lowest BCUT2D eigenvalue weighted by atomic mass is 10.1. The van der Waals surface area contributed by atoms with Gasteiger partial charge in [0, 0.05) is 22.8 Å². The number of nitrogens with zero attached hydrogens (tertiary/aromatic N) is 1. The third-order valence-corrected chi connectivity index (χ3v) is 4.48. The molecule has 5 heteroatoms. The molecule has 2 aromatic rings. The fraction of sp³-hybridized carbons (Fsp3) is 0.263. The minimum absolute atomic E-state index is 0.131. The van der Waals surface area contributed by atoms with Crippen LogP contribution >= 0.6 is 11.6 Å². The molecule has 0 unspecified atom stereocenters. The molecule has 1 aliphatic heterocycles. The SMILES string of the molecule is Cc1ccc(NC(=O)[C@H]2CCCN2C(=O)c2ccc(Cl)cc2)cc1. The number of benzene rings is 2. The van der Waals surface area contributed by atoms with Crippen LogP contribution in [0.4, 0.5) is 5.69 Å². The molecule has 124 valence electrons. The van der Waals surface area contributed by atoms with Crippen LogP contribution in [0, 0.1) is 6.92 Å². The van der Waals surface area contributed by atoms with E-state index >= 15 is 0 Å². The van der Waals surface area contributed by atoms with Crippen molar-refractivity contribution in [3.05, 3.63) is 64.7 Å². The zero-order valence-electron chi connectivity index (χ0n) is 13.5. The molecule has 0 aliphatic carbocycles. The number of nitrogens with one attached hydrogen (secondary N) is 1. The van der Waals surface area contributed by atoms with E-state index < -0.39 is 6.04 Å². The van der Waals surface area contributed by atoms with Gasteiger partial charge in [0.05, 0.1) is 0 Å². The van der Waals surface area contributed by atoms with Crippen LogP contribution in [0.3, 0.4) is 0 Å². The van der Waals surface area contributed by atoms with Crippen molar-refractivity contribution in [1.82, 2.24) is 4.90 Å². The second-order valence-corrected chi connectivity index (χ2v) is 6.46. The third kappa shape index (κ3) is 3.60. The summed E-state index contributed by atoms with van der Waals surface area (Å²) in [4.78, 5) is 26.9. The monoisotopic (exact) mass is 342 g/mol. The average molecular weight is 343 g/mol. The fourth-order valence-corrected chi connectivity index (χ4v) is 3.03. The number of anilines is 1. The minimum atomic E-state index is -0.436. The van der Waals surface area contributed by atoms with E-state index in [0.717, 1.165) is 17.7 Å². The number of aryl methyl sites for hydroxylation is 1. The highest BCUT2D eigenvalue weighted by atomic mass is 35.5. The van der Waals surface area contributed by atoms with Crippen molar-refractivity contribution in [2.24, 2.45) is 0 Å². The summed E-state index contributed by atoms with van der Waals surface area (Å²) in [6.07, 6.45) is 1.50. The summed E-state index contributed by atoms with van der Waals surface area (Å²) in [6.45, 7) is 2.59. The van der Waals surface area contributed by atoms with Crippen molar-refractivity contribution >= 4 is 29.1 Å². The summed E-state index contributed by atoms with van der Waals surface area (Å²) in [6, 6.07) is 14.0. The Kier molecular flexibility index (Phi) is 4.86. The number of carbonyl (C=O) groups is 2. The molecule has 3 rings (SSSR count). The van der Waals surface area contributed by atoms with E-state index in [9.17, 15) is 9.59 Å². The molecule has 1 aliphatic rings. The van der Waals surface area contributed by atoms with E-state index in [0.29, 0.717) is 23.6 Å².